The van der Waals surface area contributed by atoms with Crippen molar-refractivity contribution in [1.29, 1.82) is 0 Å². The Balaban J connectivity index is 1.46. The summed E-state index contributed by atoms with van der Waals surface area (Å²) in [5, 5.41) is 13.8. The number of nitrogens with zero attached hydrogens (tertiary/aromatic N) is 1. The van der Waals surface area contributed by atoms with Crippen LogP contribution in [0.3, 0.4) is 0 Å². The molecule has 2 aliphatic heterocycles. The molecule has 2 fully saturated rings. The number of fused-ring (bicyclic) bond motifs is 1. The number of benzene rings is 3. The van der Waals surface area contributed by atoms with E-state index in [1.165, 1.54) is 31.2 Å². The molecule has 11 heteroatoms. The van der Waals surface area contributed by atoms with Crippen LogP contribution in [0.1, 0.15) is 29.1 Å². The van der Waals surface area contributed by atoms with Gasteiger partial charge in [-0.3, -0.25) is 14.9 Å². The summed E-state index contributed by atoms with van der Waals surface area (Å²) < 4.78 is 30.4. The van der Waals surface area contributed by atoms with Gasteiger partial charge in [0, 0.05) is 24.6 Å². The minimum Gasteiger partial charge on any atom is -0.463 e. The summed E-state index contributed by atoms with van der Waals surface area (Å²) in [5.74, 6) is -0.767. The maximum atomic E-state index is 13.2. The monoisotopic (exact) mass is 534 g/mol. The minimum absolute atomic E-state index is 0.0938. The Morgan fingerprint density at radius 2 is 1.62 bits per heavy atom. The molecule has 0 radical (unpaired) electrons. The van der Waals surface area contributed by atoms with Gasteiger partial charge >= 0.3 is 5.97 Å². The maximum Gasteiger partial charge on any atom is 0.338 e. The second-order valence-corrected chi connectivity index (χ2v) is 9.05. The molecule has 0 unspecified atom stereocenters. The number of esters is 1. The van der Waals surface area contributed by atoms with Gasteiger partial charge in [0.15, 0.2) is 12.4 Å². The largest absolute Gasteiger partial charge is 0.463 e. The Kier molecular flexibility index (Phi) is 7.82. The quantitative estimate of drug-likeness (QED) is 0.274. The number of carbonyl (C=O) groups is 2. The SMILES string of the molecule is CC(=O)N[C@H]1[C@H](Oc2ccc([N+](=O)[O-])cc2)O[C@@H]2CO[C@@H](c3ccccc3)O[C@H]2[C@@H]1OC(=O)c1ccccc1. The topological polar surface area (TPSA) is 135 Å². The third-order valence-electron chi connectivity index (χ3n) is 6.33. The van der Waals surface area contributed by atoms with Crippen molar-refractivity contribution in [3.63, 3.8) is 0 Å². The van der Waals surface area contributed by atoms with Crippen LogP contribution >= 0.6 is 0 Å². The van der Waals surface area contributed by atoms with Crippen LogP contribution in [0.2, 0.25) is 0 Å². The Hall–Kier alpha value is -4.32. The summed E-state index contributed by atoms with van der Waals surface area (Å²) in [6.07, 6.45) is -4.44. The number of nitro groups is 1. The zero-order chi connectivity index (χ0) is 27.4. The first kappa shape index (κ1) is 26.3. The molecule has 202 valence electrons. The van der Waals surface area contributed by atoms with Crippen molar-refractivity contribution in [2.45, 2.75) is 43.9 Å². The van der Waals surface area contributed by atoms with Crippen molar-refractivity contribution in [2.24, 2.45) is 0 Å². The van der Waals surface area contributed by atoms with E-state index < -0.39 is 53.7 Å². The summed E-state index contributed by atoms with van der Waals surface area (Å²) in [7, 11) is 0. The normalized spacial score (nSPS) is 26.1. The van der Waals surface area contributed by atoms with Crippen LogP contribution in [-0.2, 0) is 23.7 Å². The first-order valence-corrected chi connectivity index (χ1v) is 12.3. The van der Waals surface area contributed by atoms with E-state index in [1.54, 1.807) is 30.3 Å². The lowest BCUT2D eigenvalue weighted by molar-refractivity contribution is -0.384. The summed E-state index contributed by atoms with van der Waals surface area (Å²) in [6.45, 7) is 1.42. The van der Waals surface area contributed by atoms with E-state index >= 15 is 0 Å². The Bertz CT molecular complexity index is 1300. The molecule has 3 aromatic carbocycles. The van der Waals surface area contributed by atoms with E-state index in [9.17, 15) is 19.7 Å². The first-order valence-electron chi connectivity index (χ1n) is 12.3. The van der Waals surface area contributed by atoms with Gasteiger partial charge in [-0.1, -0.05) is 48.5 Å². The Morgan fingerprint density at radius 3 is 2.26 bits per heavy atom. The van der Waals surface area contributed by atoms with E-state index in [2.05, 4.69) is 5.32 Å². The molecular weight excluding hydrogens is 508 g/mol. The fourth-order valence-corrected chi connectivity index (χ4v) is 4.53. The van der Waals surface area contributed by atoms with Crippen molar-refractivity contribution in [1.82, 2.24) is 5.32 Å². The highest BCUT2D eigenvalue weighted by atomic mass is 16.8. The highest BCUT2D eigenvalue weighted by Gasteiger charge is 2.53. The number of nitro benzene ring substituents is 1. The zero-order valence-electron chi connectivity index (χ0n) is 20.9. The van der Waals surface area contributed by atoms with Crippen LogP contribution in [-0.4, -0.2) is 54.1 Å². The van der Waals surface area contributed by atoms with Crippen molar-refractivity contribution in [3.8, 4) is 5.75 Å². The third-order valence-corrected chi connectivity index (χ3v) is 6.33. The molecule has 2 saturated heterocycles. The molecule has 11 nitrogen and oxygen atoms in total. The van der Waals surface area contributed by atoms with Gasteiger partial charge in [0.1, 0.15) is 24.0 Å². The van der Waals surface area contributed by atoms with Crippen LogP contribution < -0.4 is 10.1 Å². The standard InChI is InChI=1S/C28H26N2O9/c1-17(31)29-23-25(38-26(32)18-8-4-2-5-9-18)24-22(16-35-27(39-24)19-10-6-3-7-11-19)37-28(23)36-21-14-12-20(13-15-21)30(33)34/h2-15,22-25,27-28H,16H2,1H3,(H,29,31)/t22-,23-,24-,25-,27-,28-/m1/s1. The van der Waals surface area contributed by atoms with Crippen molar-refractivity contribution in [3.05, 3.63) is 106 Å². The summed E-state index contributed by atoms with van der Waals surface area (Å²) >= 11 is 0. The number of hydrogen-bond donors (Lipinski definition) is 1. The highest BCUT2D eigenvalue weighted by molar-refractivity contribution is 5.89. The highest BCUT2D eigenvalue weighted by Crippen LogP contribution is 2.36. The van der Waals surface area contributed by atoms with E-state index in [1.807, 2.05) is 30.3 Å². The van der Waals surface area contributed by atoms with Gasteiger partial charge in [-0.15, -0.1) is 0 Å². The van der Waals surface area contributed by atoms with E-state index in [-0.39, 0.29) is 18.0 Å². The number of ether oxygens (including phenoxy) is 5. The fraction of sp³-hybridized carbons (Fsp3) is 0.286. The van der Waals surface area contributed by atoms with Crippen LogP contribution in [0.4, 0.5) is 5.69 Å². The molecule has 6 atom stereocenters. The van der Waals surface area contributed by atoms with Gasteiger partial charge < -0.3 is 29.0 Å². The van der Waals surface area contributed by atoms with Crippen molar-refractivity contribution >= 4 is 17.6 Å². The third kappa shape index (κ3) is 6.06. The fourth-order valence-electron chi connectivity index (χ4n) is 4.53. The number of hydrogen-bond acceptors (Lipinski definition) is 9. The van der Waals surface area contributed by atoms with Crippen LogP contribution in [0.15, 0.2) is 84.9 Å². The predicted octanol–water partition coefficient (Wildman–Crippen LogP) is 3.54. The molecule has 0 aliphatic carbocycles. The Labute approximate surface area is 223 Å². The number of non-ortho nitro benzene ring substituents is 1. The zero-order valence-corrected chi connectivity index (χ0v) is 20.9. The molecule has 0 aromatic heterocycles. The molecule has 2 heterocycles. The first-order chi connectivity index (χ1) is 18.9. The molecule has 1 N–H and O–H groups in total. The van der Waals surface area contributed by atoms with Gasteiger partial charge in [0.25, 0.3) is 5.69 Å². The molecule has 5 rings (SSSR count). The number of carbonyl (C=O) groups excluding carboxylic acids is 2. The number of nitrogens with one attached hydrogen (secondary N) is 1. The van der Waals surface area contributed by atoms with Crippen molar-refractivity contribution < 1.29 is 38.2 Å². The van der Waals surface area contributed by atoms with Crippen LogP contribution in [0.25, 0.3) is 0 Å². The summed E-state index contributed by atoms with van der Waals surface area (Å²) in [5.41, 5.74) is 0.979. The Morgan fingerprint density at radius 1 is 0.949 bits per heavy atom. The van der Waals surface area contributed by atoms with E-state index in [0.717, 1.165) is 5.56 Å². The molecular formula is C28H26N2O9. The lowest BCUT2D eigenvalue weighted by Gasteiger charge is -2.48. The molecule has 39 heavy (non-hydrogen) atoms. The maximum absolute atomic E-state index is 13.2. The lowest BCUT2D eigenvalue weighted by atomic mass is 9.95. The summed E-state index contributed by atoms with van der Waals surface area (Å²) in [6, 6.07) is 22.2. The lowest BCUT2D eigenvalue weighted by Crippen LogP contribution is -2.68. The van der Waals surface area contributed by atoms with E-state index in [0.29, 0.717) is 5.56 Å². The average Bonchev–Trinajstić information content (AvgIpc) is 2.95. The van der Waals surface area contributed by atoms with Gasteiger partial charge in [-0.25, -0.2) is 4.79 Å². The van der Waals surface area contributed by atoms with Gasteiger partial charge in [-0.2, -0.15) is 0 Å². The molecule has 0 saturated carbocycles. The van der Waals surface area contributed by atoms with Gasteiger partial charge in [0.05, 0.1) is 17.1 Å². The van der Waals surface area contributed by atoms with Gasteiger partial charge in [0.2, 0.25) is 12.2 Å². The van der Waals surface area contributed by atoms with E-state index in [4.69, 9.17) is 23.7 Å². The molecule has 1 amide bonds. The molecule has 0 spiro atoms. The number of rotatable bonds is 7. The smallest absolute Gasteiger partial charge is 0.338 e. The second kappa shape index (κ2) is 11.6. The molecule has 0 bridgehead atoms. The average molecular weight is 535 g/mol. The van der Waals surface area contributed by atoms with Gasteiger partial charge in [-0.05, 0) is 24.3 Å². The molecule has 2 aliphatic rings. The van der Waals surface area contributed by atoms with Crippen molar-refractivity contribution in [2.75, 3.05) is 6.61 Å². The number of amides is 1. The molecule has 3 aromatic rings. The van der Waals surface area contributed by atoms with Crippen LogP contribution in [0, 0.1) is 10.1 Å². The van der Waals surface area contributed by atoms with Crippen LogP contribution in [0.5, 0.6) is 5.75 Å². The second-order valence-electron chi connectivity index (χ2n) is 9.05. The predicted molar refractivity (Wildman–Crippen MR) is 136 cm³/mol. The summed E-state index contributed by atoms with van der Waals surface area (Å²) in [4.78, 5) is 36.0. The minimum atomic E-state index is -1.13.